The van der Waals surface area contributed by atoms with Crippen LogP contribution in [-0.4, -0.2) is 18.4 Å². The molecule has 130 valence electrons. The Morgan fingerprint density at radius 2 is 1.72 bits per heavy atom. The van der Waals surface area contributed by atoms with Crippen molar-refractivity contribution in [2.45, 2.75) is 32.1 Å². The van der Waals surface area contributed by atoms with Gasteiger partial charge in [-0.3, -0.25) is 9.59 Å². The monoisotopic (exact) mass is 336 g/mol. The highest BCUT2D eigenvalue weighted by atomic mass is 16.2. The van der Waals surface area contributed by atoms with Gasteiger partial charge in [0.1, 0.15) is 0 Å². The van der Waals surface area contributed by atoms with E-state index in [0.29, 0.717) is 23.7 Å². The Labute approximate surface area is 148 Å². The summed E-state index contributed by atoms with van der Waals surface area (Å²) in [7, 11) is 0. The zero-order chi connectivity index (χ0) is 17.6. The molecule has 1 atom stereocenters. The number of carbonyl (C=O) groups is 2. The van der Waals surface area contributed by atoms with E-state index in [-0.39, 0.29) is 11.8 Å². The van der Waals surface area contributed by atoms with Crippen LogP contribution in [-0.2, 0) is 4.79 Å². The van der Waals surface area contributed by atoms with Gasteiger partial charge in [0.15, 0.2) is 0 Å². The Hall–Kier alpha value is -2.62. The lowest BCUT2D eigenvalue weighted by atomic mass is 9.91. The Morgan fingerprint density at radius 1 is 1.04 bits per heavy atom. The summed E-state index contributed by atoms with van der Waals surface area (Å²) in [6, 6.07) is 17.5. The predicted octanol–water partition coefficient (Wildman–Crippen LogP) is 3.96. The molecular weight excluding hydrogens is 312 g/mol. The fourth-order valence-corrected chi connectivity index (χ4v) is 3.22. The van der Waals surface area contributed by atoms with Crippen molar-refractivity contribution >= 4 is 17.5 Å². The summed E-state index contributed by atoms with van der Waals surface area (Å²) in [5.74, 6) is 1.10. The Balaban J connectivity index is 1.52. The first-order valence-corrected chi connectivity index (χ1v) is 8.84. The van der Waals surface area contributed by atoms with Gasteiger partial charge < -0.3 is 10.6 Å². The third-order valence-corrected chi connectivity index (χ3v) is 4.63. The summed E-state index contributed by atoms with van der Waals surface area (Å²) in [6.45, 7) is 2.13. The minimum Gasteiger partial charge on any atom is -0.352 e. The van der Waals surface area contributed by atoms with Crippen LogP contribution in [0.5, 0.6) is 0 Å². The SMILES string of the molecule is CC(=O)Nc1ccc(C(=O)NCCC(c2ccccc2)C2CC2)cc1. The summed E-state index contributed by atoms with van der Waals surface area (Å²) < 4.78 is 0. The van der Waals surface area contributed by atoms with Crippen molar-refractivity contribution in [1.82, 2.24) is 5.32 Å². The molecule has 2 aromatic carbocycles. The molecule has 1 unspecified atom stereocenters. The van der Waals surface area contributed by atoms with Crippen molar-refractivity contribution in [3.05, 3.63) is 65.7 Å². The second-order valence-electron chi connectivity index (χ2n) is 6.66. The molecule has 0 spiro atoms. The lowest BCUT2D eigenvalue weighted by Crippen LogP contribution is -2.26. The minimum absolute atomic E-state index is 0.0722. The highest BCUT2D eigenvalue weighted by Crippen LogP contribution is 2.44. The van der Waals surface area contributed by atoms with Crippen molar-refractivity contribution in [3.8, 4) is 0 Å². The number of nitrogens with one attached hydrogen (secondary N) is 2. The smallest absolute Gasteiger partial charge is 0.251 e. The molecule has 2 aromatic rings. The van der Waals surface area contributed by atoms with E-state index >= 15 is 0 Å². The van der Waals surface area contributed by atoms with E-state index in [2.05, 4.69) is 34.9 Å². The van der Waals surface area contributed by atoms with Gasteiger partial charge in [-0.15, -0.1) is 0 Å². The van der Waals surface area contributed by atoms with Crippen LogP contribution in [0.3, 0.4) is 0 Å². The topological polar surface area (TPSA) is 58.2 Å². The number of benzene rings is 2. The van der Waals surface area contributed by atoms with E-state index in [1.54, 1.807) is 24.3 Å². The minimum atomic E-state index is -0.121. The van der Waals surface area contributed by atoms with E-state index in [4.69, 9.17) is 0 Å². The molecule has 4 heteroatoms. The molecule has 2 amide bonds. The van der Waals surface area contributed by atoms with Crippen LogP contribution in [0.1, 0.15) is 48.0 Å². The van der Waals surface area contributed by atoms with Crippen LogP contribution in [0.4, 0.5) is 5.69 Å². The van der Waals surface area contributed by atoms with Crippen molar-refractivity contribution < 1.29 is 9.59 Å². The molecule has 0 saturated heterocycles. The fraction of sp³-hybridized carbons (Fsp3) is 0.333. The van der Waals surface area contributed by atoms with Gasteiger partial charge >= 0.3 is 0 Å². The highest BCUT2D eigenvalue weighted by molar-refractivity contribution is 5.95. The van der Waals surface area contributed by atoms with Gasteiger partial charge in [-0.2, -0.15) is 0 Å². The molecule has 1 aliphatic carbocycles. The molecule has 0 radical (unpaired) electrons. The number of rotatable bonds is 7. The van der Waals surface area contributed by atoms with Crippen LogP contribution in [0.25, 0.3) is 0 Å². The Morgan fingerprint density at radius 3 is 2.32 bits per heavy atom. The first-order valence-electron chi connectivity index (χ1n) is 8.84. The largest absolute Gasteiger partial charge is 0.352 e. The average Bonchev–Trinajstić information content (AvgIpc) is 3.44. The summed E-state index contributed by atoms with van der Waals surface area (Å²) in [5.41, 5.74) is 2.68. The van der Waals surface area contributed by atoms with Crippen molar-refractivity contribution in [2.75, 3.05) is 11.9 Å². The lowest BCUT2D eigenvalue weighted by Gasteiger charge is -2.17. The molecule has 25 heavy (non-hydrogen) atoms. The summed E-state index contributed by atoms with van der Waals surface area (Å²) >= 11 is 0. The zero-order valence-electron chi connectivity index (χ0n) is 14.5. The number of hydrogen-bond acceptors (Lipinski definition) is 2. The van der Waals surface area contributed by atoms with Gasteiger partial charge in [-0.05, 0) is 60.9 Å². The van der Waals surface area contributed by atoms with Crippen LogP contribution in [0.2, 0.25) is 0 Å². The lowest BCUT2D eigenvalue weighted by molar-refractivity contribution is -0.114. The van der Waals surface area contributed by atoms with E-state index in [1.165, 1.54) is 25.3 Å². The maximum absolute atomic E-state index is 12.3. The van der Waals surface area contributed by atoms with E-state index in [1.807, 2.05) is 6.07 Å². The van der Waals surface area contributed by atoms with Gasteiger partial charge in [0.05, 0.1) is 0 Å². The molecular formula is C21H24N2O2. The van der Waals surface area contributed by atoms with E-state index in [9.17, 15) is 9.59 Å². The molecule has 0 bridgehead atoms. The van der Waals surface area contributed by atoms with Gasteiger partial charge in [-0.25, -0.2) is 0 Å². The van der Waals surface area contributed by atoms with Crippen molar-refractivity contribution in [3.63, 3.8) is 0 Å². The third-order valence-electron chi connectivity index (χ3n) is 4.63. The first-order chi connectivity index (χ1) is 12.1. The van der Waals surface area contributed by atoms with Crippen LogP contribution < -0.4 is 10.6 Å². The van der Waals surface area contributed by atoms with Crippen LogP contribution in [0, 0.1) is 5.92 Å². The number of carbonyl (C=O) groups excluding carboxylic acids is 2. The first kappa shape index (κ1) is 17.2. The molecule has 3 rings (SSSR count). The van der Waals surface area contributed by atoms with Crippen molar-refractivity contribution in [2.24, 2.45) is 5.92 Å². The van der Waals surface area contributed by atoms with Gasteiger partial charge in [0.25, 0.3) is 5.91 Å². The summed E-state index contributed by atoms with van der Waals surface area (Å²) in [6.07, 6.45) is 3.54. The second kappa shape index (κ2) is 7.97. The van der Waals surface area contributed by atoms with E-state index < -0.39 is 0 Å². The number of hydrogen-bond donors (Lipinski definition) is 2. The van der Waals surface area contributed by atoms with Crippen molar-refractivity contribution in [1.29, 1.82) is 0 Å². The molecule has 0 aliphatic heterocycles. The number of amides is 2. The number of anilines is 1. The maximum atomic E-state index is 12.3. The standard InChI is InChI=1S/C21H24N2O2/c1-15(24)23-19-11-9-18(10-12-19)21(25)22-14-13-20(17-7-8-17)16-5-3-2-4-6-16/h2-6,9-12,17,20H,7-8,13-14H2,1H3,(H,22,25)(H,23,24). The molecule has 1 aliphatic rings. The molecule has 2 N–H and O–H groups in total. The molecule has 1 fully saturated rings. The third kappa shape index (κ3) is 4.92. The normalized spacial score (nSPS) is 14.6. The highest BCUT2D eigenvalue weighted by Gasteiger charge is 2.31. The molecule has 0 heterocycles. The Kier molecular flexibility index (Phi) is 5.49. The van der Waals surface area contributed by atoms with Gasteiger partial charge in [0.2, 0.25) is 5.91 Å². The molecule has 4 nitrogen and oxygen atoms in total. The quantitative estimate of drug-likeness (QED) is 0.804. The van der Waals surface area contributed by atoms with Gasteiger partial charge in [-0.1, -0.05) is 30.3 Å². The van der Waals surface area contributed by atoms with Gasteiger partial charge in [0, 0.05) is 24.7 Å². The van der Waals surface area contributed by atoms with E-state index in [0.717, 1.165) is 12.3 Å². The van der Waals surface area contributed by atoms with Crippen LogP contribution >= 0.6 is 0 Å². The fourth-order valence-electron chi connectivity index (χ4n) is 3.22. The Bertz CT molecular complexity index is 721. The summed E-state index contributed by atoms with van der Waals surface area (Å²) in [4.78, 5) is 23.3. The maximum Gasteiger partial charge on any atom is 0.251 e. The average molecular weight is 336 g/mol. The molecule has 0 aromatic heterocycles. The second-order valence-corrected chi connectivity index (χ2v) is 6.66. The van der Waals surface area contributed by atoms with Crippen LogP contribution in [0.15, 0.2) is 54.6 Å². The predicted molar refractivity (Wildman–Crippen MR) is 99.6 cm³/mol. The summed E-state index contributed by atoms with van der Waals surface area (Å²) in [5, 5.41) is 5.71. The molecule has 1 saturated carbocycles. The zero-order valence-corrected chi connectivity index (χ0v) is 14.5.